The molecule has 0 aliphatic heterocycles. The summed E-state index contributed by atoms with van der Waals surface area (Å²) in [7, 11) is -1.72. The largest absolute Gasteiger partial charge is 0.364 e. The predicted molar refractivity (Wildman–Crippen MR) is 123 cm³/mol. The zero-order valence-corrected chi connectivity index (χ0v) is 18.6. The highest BCUT2D eigenvalue weighted by Crippen LogP contribution is 2.26. The number of primary sulfonamides is 1. The number of aryl methyl sites for hydroxylation is 1. The first-order valence-electron chi connectivity index (χ1n) is 10.4. The minimum Gasteiger partial charge on any atom is -0.364 e. The van der Waals surface area contributed by atoms with Crippen molar-refractivity contribution in [3.8, 4) is 0 Å². The number of sulfonamides is 1. The Morgan fingerprint density at radius 3 is 2.68 bits per heavy atom. The van der Waals surface area contributed by atoms with Crippen LogP contribution >= 0.6 is 0 Å². The van der Waals surface area contributed by atoms with Crippen molar-refractivity contribution in [2.75, 3.05) is 11.9 Å². The van der Waals surface area contributed by atoms with Crippen molar-refractivity contribution in [3.63, 3.8) is 0 Å². The maximum Gasteiger partial charge on any atom is 0.238 e. The molecule has 0 bridgehead atoms. The highest BCUT2D eigenvalue weighted by atomic mass is 32.2. The number of rotatable bonds is 7. The third-order valence-electron chi connectivity index (χ3n) is 5.72. The first-order valence-corrected chi connectivity index (χ1v) is 11.9. The second kappa shape index (κ2) is 8.64. The topological polar surface area (TPSA) is 103 Å². The van der Waals surface area contributed by atoms with Crippen LogP contribution in [0.1, 0.15) is 31.2 Å². The van der Waals surface area contributed by atoms with Gasteiger partial charge in [-0.2, -0.15) is 0 Å². The Kier molecular flexibility index (Phi) is 5.93. The summed E-state index contributed by atoms with van der Waals surface area (Å²) in [6.45, 7) is 2.96. The van der Waals surface area contributed by atoms with E-state index in [1.807, 2.05) is 23.9 Å². The van der Waals surface area contributed by atoms with Crippen molar-refractivity contribution < 1.29 is 8.42 Å². The second-order valence-electron chi connectivity index (χ2n) is 7.88. The molecule has 0 spiro atoms. The first kappa shape index (κ1) is 21.3. The molecule has 1 atom stereocenters. The number of anilines is 1. The Hall–Kier alpha value is -2.97. The molecule has 0 saturated heterocycles. The fourth-order valence-electron chi connectivity index (χ4n) is 3.96. The van der Waals surface area contributed by atoms with Gasteiger partial charge in [0.2, 0.25) is 10.0 Å². The zero-order chi connectivity index (χ0) is 22.0. The van der Waals surface area contributed by atoms with Crippen LogP contribution in [0.2, 0.25) is 0 Å². The molecule has 2 aromatic heterocycles. The van der Waals surface area contributed by atoms with E-state index < -0.39 is 10.0 Å². The van der Waals surface area contributed by atoms with Crippen LogP contribution in [0.5, 0.6) is 0 Å². The lowest BCUT2D eigenvalue weighted by atomic mass is 9.89. The van der Waals surface area contributed by atoms with Crippen molar-refractivity contribution in [2.45, 2.75) is 31.1 Å². The molecule has 8 heteroatoms. The Balaban J connectivity index is 1.61. The van der Waals surface area contributed by atoms with Crippen LogP contribution in [0.4, 0.5) is 5.82 Å². The van der Waals surface area contributed by atoms with Crippen molar-refractivity contribution in [2.24, 2.45) is 18.1 Å². The Bertz CT molecular complexity index is 1260. The number of hydrogen-bond acceptors (Lipinski definition) is 5. The fourth-order valence-corrected chi connectivity index (χ4v) is 4.48. The van der Waals surface area contributed by atoms with Crippen LogP contribution in [0.15, 0.2) is 65.2 Å². The van der Waals surface area contributed by atoms with Crippen molar-refractivity contribution >= 4 is 26.9 Å². The van der Waals surface area contributed by atoms with Gasteiger partial charge in [-0.05, 0) is 48.1 Å². The molecule has 2 heterocycles. The lowest BCUT2D eigenvalue weighted by molar-refractivity contribution is 0.588. The molecular weight excluding hydrogens is 410 g/mol. The Morgan fingerprint density at radius 2 is 1.97 bits per heavy atom. The molecule has 1 aliphatic carbocycles. The molecule has 31 heavy (non-hydrogen) atoms. The minimum atomic E-state index is -3.70. The maximum absolute atomic E-state index is 11.5. The van der Waals surface area contributed by atoms with Gasteiger partial charge >= 0.3 is 0 Å². The van der Waals surface area contributed by atoms with Gasteiger partial charge in [0.05, 0.1) is 10.4 Å². The normalized spacial score (nSPS) is 16.5. The van der Waals surface area contributed by atoms with Gasteiger partial charge < -0.3 is 9.88 Å². The molecule has 3 aromatic rings. The van der Waals surface area contributed by atoms with Gasteiger partial charge in [0.15, 0.2) is 5.82 Å². The molecule has 0 saturated carbocycles. The third-order valence-corrected chi connectivity index (χ3v) is 6.65. The zero-order valence-electron chi connectivity index (χ0n) is 17.7. The fraction of sp³-hybridized carbons (Fsp3) is 0.304. The summed E-state index contributed by atoms with van der Waals surface area (Å²) in [6, 6.07) is 8.50. The summed E-state index contributed by atoms with van der Waals surface area (Å²) in [4.78, 5) is 9.61. The van der Waals surface area contributed by atoms with E-state index in [2.05, 4.69) is 30.5 Å². The molecule has 1 unspecified atom stereocenters. The van der Waals surface area contributed by atoms with Crippen LogP contribution in [-0.4, -0.2) is 29.5 Å². The van der Waals surface area contributed by atoms with Crippen LogP contribution < -0.4 is 10.5 Å². The summed E-state index contributed by atoms with van der Waals surface area (Å²) >= 11 is 0. The number of allylic oxidation sites excluding steroid dienone is 3. The van der Waals surface area contributed by atoms with Crippen molar-refractivity contribution in [1.82, 2.24) is 14.5 Å². The van der Waals surface area contributed by atoms with Crippen LogP contribution in [0.25, 0.3) is 11.0 Å². The third kappa shape index (κ3) is 4.70. The number of nitrogens with two attached hydrogens (primary N) is 1. The van der Waals surface area contributed by atoms with Gasteiger partial charge in [-0.25, -0.2) is 23.5 Å². The lowest BCUT2D eigenvalue weighted by Crippen LogP contribution is -2.16. The molecule has 4 rings (SSSR count). The molecule has 0 fully saturated rings. The summed E-state index contributed by atoms with van der Waals surface area (Å²) in [5.41, 5.74) is 4.14. The SMILES string of the molecule is CCC1CC=CC=C1CNc1nc(Cc2ccc(S(N)(=O)=O)cc2)nc2ccn(C)c12. The average Bonchev–Trinajstić information content (AvgIpc) is 3.13. The molecule has 7 nitrogen and oxygen atoms in total. The molecule has 0 radical (unpaired) electrons. The predicted octanol–water partition coefficient (Wildman–Crippen LogP) is 3.53. The number of hydrogen-bond donors (Lipinski definition) is 2. The second-order valence-corrected chi connectivity index (χ2v) is 9.44. The molecule has 1 aliphatic rings. The number of benzene rings is 1. The highest BCUT2D eigenvalue weighted by molar-refractivity contribution is 7.89. The summed E-state index contributed by atoms with van der Waals surface area (Å²) in [6.07, 6.45) is 11.2. The molecule has 3 N–H and O–H groups in total. The minimum absolute atomic E-state index is 0.0957. The smallest absolute Gasteiger partial charge is 0.238 e. The number of aromatic nitrogens is 3. The molecule has 0 amide bonds. The van der Waals surface area contributed by atoms with E-state index in [1.54, 1.807) is 12.1 Å². The van der Waals surface area contributed by atoms with E-state index in [1.165, 1.54) is 17.7 Å². The van der Waals surface area contributed by atoms with Gasteiger partial charge in [0.25, 0.3) is 0 Å². The van der Waals surface area contributed by atoms with Gasteiger partial charge in [-0.3, -0.25) is 0 Å². The van der Waals surface area contributed by atoms with Crippen LogP contribution in [0.3, 0.4) is 0 Å². The van der Waals surface area contributed by atoms with Gasteiger partial charge in [0.1, 0.15) is 11.3 Å². The van der Waals surface area contributed by atoms with E-state index >= 15 is 0 Å². The monoisotopic (exact) mass is 437 g/mol. The first-order chi connectivity index (χ1) is 14.8. The standard InChI is InChI=1S/C23H27N5O2S/c1-3-17-6-4-5-7-18(17)15-25-23-22-20(12-13-28(22)2)26-21(27-23)14-16-8-10-19(11-9-16)31(24,29)30/h4-5,7-13,17H,3,6,14-15H2,1-2H3,(H2,24,29,30)(H,25,26,27). The summed E-state index contributed by atoms with van der Waals surface area (Å²) < 4.78 is 25.0. The molecule has 1 aromatic carbocycles. The van der Waals surface area contributed by atoms with Crippen molar-refractivity contribution in [1.29, 1.82) is 0 Å². The van der Waals surface area contributed by atoms with Gasteiger partial charge in [-0.1, -0.05) is 37.3 Å². The van der Waals surface area contributed by atoms with E-state index in [9.17, 15) is 8.42 Å². The Labute approximate surface area is 182 Å². The molecular formula is C23H27N5O2S. The van der Waals surface area contributed by atoms with Crippen LogP contribution in [0, 0.1) is 5.92 Å². The van der Waals surface area contributed by atoms with E-state index in [-0.39, 0.29) is 4.90 Å². The van der Waals surface area contributed by atoms with Gasteiger partial charge in [0, 0.05) is 26.2 Å². The lowest BCUT2D eigenvalue weighted by Gasteiger charge is -2.21. The summed E-state index contributed by atoms with van der Waals surface area (Å²) in [5, 5.41) is 8.72. The quantitative estimate of drug-likeness (QED) is 0.589. The van der Waals surface area contributed by atoms with E-state index in [0.29, 0.717) is 18.2 Å². The van der Waals surface area contributed by atoms with Crippen molar-refractivity contribution in [3.05, 3.63) is 71.7 Å². The average molecular weight is 438 g/mol. The number of fused-ring (bicyclic) bond motifs is 1. The van der Waals surface area contributed by atoms with E-state index in [0.717, 1.165) is 41.8 Å². The molecule has 162 valence electrons. The maximum atomic E-state index is 11.5. The Morgan fingerprint density at radius 1 is 1.19 bits per heavy atom. The highest BCUT2D eigenvalue weighted by Gasteiger charge is 2.16. The number of nitrogens with one attached hydrogen (secondary N) is 1. The number of nitrogens with zero attached hydrogens (tertiary/aromatic N) is 3. The van der Waals surface area contributed by atoms with E-state index in [4.69, 9.17) is 15.1 Å². The summed E-state index contributed by atoms with van der Waals surface area (Å²) in [5.74, 6) is 2.04. The van der Waals surface area contributed by atoms with Crippen LogP contribution in [-0.2, 0) is 23.5 Å². The van der Waals surface area contributed by atoms with Gasteiger partial charge in [-0.15, -0.1) is 0 Å².